The monoisotopic (exact) mass is 258 g/mol. The van der Waals surface area contributed by atoms with Gasteiger partial charge in [0, 0.05) is 33.8 Å². The van der Waals surface area contributed by atoms with Crippen LogP contribution in [0.5, 0.6) is 0 Å². The lowest BCUT2D eigenvalue weighted by Gasteiger charge is -2.04. The fourth-order valence-electron chi connectivity index (χ4n) is 1.78. The molecule has 0 spiro atoms. The third-order valence-corrected chi connectivity index (χ3v) is 3.13. The molecule has 0 unspecified atom stereocenters. The first-order chi connectivity index (χ1) is 7.36. The van der Waals surface area contributed by atoms with Crippen LogP contribution >= 0.6 is 15.9 Å². The Kier molecular flexibility index (Phi) is 1.92. The van der Waals surface area contributed by atoms with Crippen molar-refractivity contribution in [2.24, 2.45) is 0 Å². The standard InChI is InChI=1S/C12H7BrN2/c13-11-6-12-9(2-1-4-15-12)10-7-14-5-3-8(10)11/h1-7H. The fraction of sp³-hybridized carbons (Fsp3) is 0. The summed E-state index contributed by atoms with van der Waals surface area (Å²) in [5, 5.41) is 3.45. The normalized spacial score (nSPS) is 11.0. The molecule has 0 saturated heterocycles. The lowest BCUT2D eigenvalue weighted by atomic mass is 10.1. The van der Waals surface area contributed by atoms with Gasteiger partial charge in [-0.25, -0.2) is 0 Å². The molecule has 0 amide bonds. The van der Waals surface area contributed by atoms with Crippen molar-refractivity contribution in [1.29, 1.82) is 0 Å². The minimum atomic E-state index is 0.991. The summed E-state index contributed by atoms with van der Waals surface area (Å²) in [5.41, 5.74) is 0.991. The molecule has 2 nitrogen and oxygen atoms in total. The van der Waals surface area contributed by atoms with Gasteiger partial charge in [0.25, 0.3) is 0 Å². The molecule has 0 radical (unpaired) electrons. The summed E-state index contributed by atoms with van der Waals surface area (Å²) in [4.78, 5) is 8.49. The molecule has 0 aliphatic heterocycles. The summed E-state index contributed by atoms with van der Waals surface area (Å²) < 4.78 is 1.06. The fourth-order valence-corrected chi connectivity index (χ4v) is 2.34. The van der Waals surface area contributed by atoms with Gasteiger partial charge in [-0.1, -0.05) is 22.0 Å². The van der Waals surface area contributed by atoms with Crippen molar-refractivity contribution in [3.63, 3.8) is 0 Å². The van der Waals surface area contributed by atoms with Crippen LogP contribution in [0.25, 0.3) is 21.7 Å². The van der Waals surface area contributed by atoms with Crippen molar-refractivity contribution < 1.29 is 0 Å². The van der Waals surface area contributed by atoms with E-state index in [0.29, 0.717) is 0 Å². The average molecular weight is 259 g/mol. The predicted molar refractivity (Wildman–Crippen MR) is 64.7 cm³/mol. The smallest absolute Gasteiger partial charge is 0.0720 e. The molecule has 1 aromatic carbocycles. The minimum Gasteiger partial charge on any atom is -0.264 e. The summed E-state index contributed by atoms with van der Waals surface area (Å²) >= 11 is 3.55. The van der Waals surface area contributed by atoms with Crippen molar-refractivity contribution >= 4 is 37.6 Å². The Morgan fingerprint density at radius 1 is 1.00 bits per heavy atom. The number of nitrogens with zero attached hydrogens (tertiary/aromatic N) is 2. The largest absolute Gasteiger partial charge is 0.264 e. The van der Waals surface area contributed by atoms with Crippen LogP contribution in [0.4, 0.5) is 0 Å². The minimum absolute atomic E-state index is 0.991. The Morgan fingerprint density at radius 2 is 1.93 bits per heavy atom. The molecule has 3 rings (SSSR count). The van der Waals surface area contributed by atoms with E-state index in [4.69, 9.17) is 0 Å². The Hall–Kier alpha value is -1.48. The number of pyridine rings is 2. The van der Waals surface area contributed by atoms with E-state index in [1.807, 2.05) is 24.4 Å². The van der Waals surface area contributed by atoms with Crippen LogP contribution < -0.4 is 0 Å². The van der Waals surface area contributed by atoms with Gasteiger partial charge in [-0.2, -0.15) is 0 Å². The van der Waals surface area contributed by atoms with E-state index >= 15 is 0 Å². The maximum absolute atomic E-state index is 4.33. The maximum Gasteiger partial charge on any atom is 0.0720 e. The van der Waals surface area contributed by atoms with Gasteiger partial charge in [0.05, 0.1) is 5.52 Å². The van der Waals surface area contributed by atoms with Crippen molar-refractivity contribution in [3.8, 4) is 0 Å². The Bertz CT molecular complexity index is 649. The van der Waals surface area contributed by atoms with Gasteiger partial charge in [0.1, 0.15) is 0 Å². The lowest BCUT2D eigenvalue weighted by Crippen LogP contribution is -1.83. The molecule has 0 saturated carbocycles. The predicted octanol–water partition coefficient (Wildman–Crippen LogP) is 3.55. The molecule has 15 heavy (non-hydrogen) atoms. The maximum atomic E-state index is 4.33. The number of fused-ring (bicyclic) bond motifs is 3. The summed E-state index contributed by atoms with van der Waals surface area (Å²) in [6.07, 6.45) is 5.48. The van der Waals surface area contributed by atoms with Crippen molar-refractivity contribution in [1.82, 2.24) is 9.97 Å². The first-order valence-electron chi connectivity index (χ1n) is 4.63. The first kappa shape index (κ1) is 8.80. The molecule has 0 fully saturated rings. The van der Waals surface area contributed by atoms with Crippen molar-refractivity contribution in [2.45, 2.75) is 0 Å². The molecule has 0 bridgehead atoms. The summed E-state index contributed by atoms with van der Waals surface area (Å²) in [7, 11) is 0. The first-order valence-corrected chi connectivity index (χ1v) is 5.42. The molecule has 0 aliphatic carbocycles. The second-order valence-corrected chi connectivity index (χ2v) is 4.20. The highest BCUT2D eigenvalue weighted by Crippen LogP contribution is 2.29. The van der Waals surface area contributed by atoms with Crippen LogP contribution in [-0.2, 0) is 0 Å². The van der Waals surface area contributed by atoms with Crippen molar-refractivity contribution in [2.75, 3.05) is 0 Å². The molecule has 72 valence electrons. The molecule has 0 N–H and O–H groups in total. The Morgan fingerprint density at radius 3 is 2.87 bits per heavy atom. The molecular weight excluding hydrogens is 252 g/mol. The number of hydrogen-bond donors (Lipinski definition) is 0. The van der Waals surface area contributed by atoms with E-state index in [-0.39, 0.29) is 0 Å². The van der Waals surface area contributed by atoms with Gasteiger partial charge in [0.2, 0.25) is 0 Å². The molecule has 2 aromatic heterocycles. The van der Waals surface area contributed by atoms with E-state index in [1.54, 1.807) is 12.4 Å². The second kappa shape index (κ2) is 3.28. The number of benzene rings is 1. The summed E-state index contributed by atoms with van der Waals surface area (Å²) in [6, 6.07) is 8.06. The van der Waals surface area contributed by atoms with Crippen LogP contribution in [0.15, 0.2) is 47.3 Å². The molecular formula is C12H7BrN2. The molecule has 0 atom stereocenters. The molecule has 3 aromatic rings. The van der Waals surface area contributed by atoms with Crippen molar-refractivity contribution in [3.05, 3.63) is 47.3 Å². The van der Waals surface area contributed by atoms with E-state index in [0.717, 1.165) is 20.8 Å². The zero-order valence-electron chi connectivity index (χ0n) is 7.81. The van der Waals surface area contributed by atoms with Crippen LogP contribution in [0, 0.1) is 0 Å². The quantitative estimate of drug-likeness (QED) is 0.577. The number of halogens is 1. The second-order valence-electron chi connectivity index (χ2n) is 3.35. The van der Waals surface area contributed by atoms with Gasteiger partial charge in [-0.15, -0.1) is 0 Å². The van der Waals surface area contributed by atoms with Gasteiger partial charge in [0.15, 0.2) is 0 Å². The van der Waals surface area contributed by atoms with Gasteiger partial charge < -0.3 is 0 Å². The summed E-state index contributed by atoms with van der Waals surface area (Å²) in [6.45, 7) is 0. The summed E-state index contributed by atoms with van der Waals surface area (Å²) in [5.74, 6) is 0. The Labute approximate surface area is 95.1 Å². The molecule has 2 heterocycles. The van der Waals surface area contributed by atoms with E-state index < -0.39 is 0 Å². The molecule has 3 heteroatoms. The number of aromatic nitrogens is 2. The Balaban J connectivity index is 2.64. The van der Waals surface area contributed by atoms with E-state index in [1.165, 1.54) is 5.39 Å². The number of rotatable bonds is 0. The van der Waals surface area contributed by atoms with Gasteiger partial charge in [-0.3, -0.25) is 9.97 Å². The van der Waals surface area contributed by atoms with Gasteiger partial charge in [-0.05, 0) is 23.6 Å². The SMILES string of the molecule is Brc1cc2ncccc2c2cnccc12. The van der Waals surface area contributed by atoms with Crippen LogP contribution in [0.1, 0.15) is 0 Å². The zero-order chi connectivity index (χ0) is 10.3. The number of hydrogen-bond acceptors (Lipinski definition) is 2. The zero-order valence-corrected chi connectivity index (χ0v) is 9.40. The van der Waals surface area contributed by atoms with E-state index in [9.17, 15) is 0 Å². The lowest BCUT2D eigenvalue weighted by molar-refractivity contribution is 1.36. The third kappa shape index (κ3) is 1.31. The topological polar surface area (TPSA) is 25.8 Å². The van der Waals surface area contributed by atoms with Crippen LogP contribution in [0.2, 0.25) is 0 Å². The third-order valence-electron chi connectivity index (χ3n) is 2.47. The van der Waals surface area contributed by atoms with Crippen LogP contribution in [-0.4, -0.2) is 9.97 Å². The molecule has 0 aliphatic rings. The van der Waals surface area contributed by atoms with Gasteiger partial charge >= 0.3 is 0 Å². The van der Waals surface area contributed by atoms with E-state index in [2.05, 4.69) is 32.0 Å². The highest BCUT2D eigenvalue weighted by Gasteiger charge is 2.04. The van der Waals surface area contributed by atoms with Crippen LogP contribution in [0.3, 0.4) is 0 Å². The highest BCUT2D eigenvalue weighted by molar-refractivity contribution is 9.10. The highest BCUT2D eigenvalue weighted by atomic mass is 79.9. The average Bonchev–Trinajstić information content (AvgIpc) is 2.30.